The fourth-order valence-electron chi connectivity index (χ4n) is 4.36. The van der Waals surface area contributed by atoms with Crippen LogP contribution in [0, 0.1) is 19.7 Å². The lowest BCUT2D eigenvalue weighted by Crippen LogP contribution is -2.13. The van der Waals surface area contributed by atoms with Gasteiger partial charge in [0.05, 0.1) is 22.8 Å². The maximum Gasteiger partial charge on any atom is 0.196 e. The average Bonchev–Trinajstić information content (AvgIpc) is 2.87. The molecule has 6 heteroatoms. The molecule has 0 aliphatic carbocycles. The minimum Gasteiger partial charge on any atom is -0.455 e. The van der Waals surface area contributed by atoms with E-state index in [1.807, 2.05) is 44.2 Å². The first-order valence-electron chi connectivity index (χ1n) is 11.4. The van der Waals surface area contributed by atoms with Crippen molar-refractivity contribution in [3.8, 4) is 22.6 Å². The number of aromatic nitrogens is 2. The van der Waals surface area contributed by atoms with Crippen LogP contribution in [0.3, 0.4) is 0 Å². The molecule has 35 heavy (non-hydrogen) atoms. The largest absolute Gasteiger partial charge is 0.455 e. The average molecular weight is 466 g/mol. The molecular formula is C29H24FN3O2. The Kier molecular flexibility index (Phi) is 5.87. The van der Waals surface area contributed by atoms with Crippen LogP contribution in [0.2, 0.25) is 0 Å². The standard InChI is InChI=1S/C29H24FN3O2/c1-17-14-22(19(3)33-25-11-7-13-32-26(25)21-9-4-5-10-24(21)30)29-23(15-17)27(34)18(2)28(35-29)20-8-6-12-31-16-20/h4-16,19,33H,1-3H3/t19-/m1/s1. The molecule has 1 N–H and O–H groups in total. The van der Waals surface area contributed by atoms with Gasteiger partial charge in [0.15, 0.2) is 5.43 Å². The molecule has 174 valence electrons. The number of fused-ring (bicyclic) bond motifs is 1. The minimum atomic E-state index is -0.342. The second-order valence-corrected chi connectivity index (χ2v) is 8.60. The van der Waals surface area contributed by atoms with E-state index in [1.54, 1.807) is 49.8 Å². The van der Waals surface area contributed by atoms with E-state index in [2.05, 4.69) is 15.3 Å². The van der Waals surface area contributed by atoms with Crippen molar-refractivity contribution < 1.29 is 8.81 Å². The highest BCUT2D eigenvalue weighted by Gasteiger charge is 2.20. The van der Waals surface area contributed by atoms with E-state index in [0.29, 0.717) is 39.2 Å². The van der Waals surface area contributed by atoms with Crippen LogP contribution in [-0.2, 0) is 0 Å². The molecule has 0 unspecified atom stereocenters. The zero-order valence-corrected chi connectivity index (χ0v) is 19.7. The zero-order chi connectivity index (χ0) is 24.5. The van der Waals surface area contributed by atoms with Crippen molar-refractivity contribution in [3.63, 3.8) is 0 Å². The Hall–Kier alpha value is -4.32. The maximum absolute atomic E-state index is 14.5. The van der Waals surface area contributed by atoms with Crippen LogP contribution in [0.1, 0.15) is 29.7 Å². The monoisotopic (exact) mass is 465 g/mol. The van der Waals surface area contributed by atoms with Crippen LogP contribution in [-0.4, -0.2) is 9.97 Å². The second kappa shape index (κ2) is 9.14. The number of anilines is 1. The summed E-state index contributed by atoms with van der Waals surface area (Å²) in [5, 5.41) is 3.99. The molecule has 0 saturated heterocycles. The number of nitrogens with zero attached hydrogens (tertiary/aromatic N) is 2. The van der Waals surface area contributed by atoms with Gasteiger partial charge in [-0.25, -0.2) is 4.39 Å². The summed E-state index contributed by atoms with van der Waals surface area (Å²) in [6.45, 7) is 5.71. The van der Waals surface area contributed by atoms with Crippen molar-refractivity contribution in [2.75, 3.05) is 5.32 Å². The van der Waals surface area contributed by atoms with Crippen LogP contribution >= 0.6 is 0 Å². The lowest BCUT2D eigenvalue weighted by molar-refractivity contribution is 0.605. The van der Waals surface area contributed by atoms with E-state index >= 15 is 0 Å². The summed E-state index contributed by atoms with van der Waals surface area (Å²) in [7, 11) is 0. The maximum atomic E-state index is 14.5. The van der Waals surface area contributed by atoms with Crippen molar-refractivity contribution in [1.29, 1.82) is 0 Å². The first-order valence-corrected chi connectivity index (χ1v) is 11.4. The molecule has 0 aliphatic rings. The zero-order valence-electron chi connectivity index (χ0n) is 19.7. The van der Waals surface area contributed by atoms with Crippen LogP contribution in [0.4, 0.5) is 10.1 Å². The van der Waals surface area contributed by atoms with E-state index in [0.717, 1.165) is 16.7 Å². The molecular weight excluding hydrogens is 441 g/mol. The molecule has 3 heterocycles. The Balaban J connectivity index is 1.64. The van der Waals surface area contributed by atoms with Gasteiger partial charge in [0.1, 0.15) is 17.2 Å². The van der Waals surface area contributed by atoms with E-state index < -0.39 is 0 Å². The van der Waals surface area contributed by atoms with E-state index in [-0.39, 0.29) is 17.3 Å². The predicted octanol–water partition coefficient (Wildman–Crippen LogP) is 6.85. The van der Waals surface area contributed by atoms with Crippen molar-refractivity contribution in [1.82, 2.24) is 9.97 Å². The number of pyridine rings is 2. The summed E-state index contributed by atoms with van der Waals surface area (Å²) in [5.41, 5.74) is 5.11. The molecule has 0 saturated carbocycles. The lowest BCUT2D eigenvalue weighted by Gasteiger charge is -2.20. The van der Waals surface area contributed by atoms with Crippen molar-refractivity contribution in [3.05, 3.63) is 112 Å². The molecule has 0 fully saturated rings. The Bertz CT molecular complexity index is 1600. The number of hydrogen-bond donors (Lipinski definition) is 1. The van der Waals surface area contributed by atoms with Gasteiger partial charge in [-0.15, -0.1) is 0 Å². The predicted molar refractivity (Wildman–Crippen MR) is 137 cm³/mol. The van der Waals surface area contributed by atoms with Crippen molar-refractivity contribution in [2.24, 2.45) is 0 Å². The molecule has 0 aliphatic heterocycles. The van der Waals surface area contributed by atoms with Gasteiger partial charge < -0.3 is 9.73 Å². The fraction of sp³-hybridized carbons (Fsp3) is 0.138. The fourth-order valence-corrected chi connectivity index (χ4v) is 4.36. The summed E-state index contributed by atoms with van der Waals surface area (Å²) < 4.78 is 20.9. The molecule has 0 radical (unpaired) electrons. The third kappa shape index (κ3) is 4.19. The van der Waals surface area contributed by atoms with Crippen LogP contribution in [0.25, 0.3) is 33.6 Å². The summed E-state index contributed by atoms with van der Waals surface area (Å²) in [6.07, 6.45) is 5.00. The van der Waals surface area contributed by atoms with Gasteiger partial charge in [-0.2, -0.15) is 0 Å². The molecule has 5 rings (SSSR count). The summed E-state index contributed by atoms with van der Waals surface area (Å²) in [6, 6.07) is 17.5. The third-order valence-electron chi connectivity index (χ3n) is 6.09. The van der Waals surface area contributed by atoms with Crippen LogP contribution in [0.15, 0.2) is 88.5 Å². The Morgan fingerprint density at radius 2 is 1.80 bits per heavy atom. The summed E-state index contributed by atoms with van der Waals surface area (Å²) in [4.78, 5) is 21.9. The Morgan fingerprint density at radius 3 is 2.57 bits per heavy atom. The summed E-state index contributed by atoms with van der Waals surface area (Å²) in [5.74, 6) is 0.159. The number of halogens is 1. The number of aryl methyl sites for hydroxylation is 1. The van der Waals surface area contributed by atoms with Gasteiger partial charge in [-0.05, 0) is 68.8 Å². The van der Waals surface area contributed by atoms with Crippen LogP contribution in [0.5, 0.6) is 0 Å². The molecule has 0 spiro atoms. The van der Waals surface area contributed by atoms with Crippen molar-refractivity contribution >= 4 is 16.7 Å². The first-order chi connectivity index (χ1) is 16.9. The van der Waals surface area contributed by atoms with Gasteiger partial charge in [0, 0.05) is 40.8 Å². The number of benzene rings is 2. The Labute approximate surface area is 202 Å². The van der Waals surface area contributed by atoms with E-state index in [1.165, 1.54) is 6.07 Å². The Morgan fingerprint density at radius 1 is 1.00 bits per heavy atom. The highest BCUT2D eigenvalue weighted by atomic mass is 19.1. The lowest BCUT2D eigenvalue weighted by atomic mass is 9.98. The van der Waals surface area contributed by atoms with E-state index in [4.69, 9.17) is 4.42 Å². The highest BCUT2D eigenvalue weighted by molar-refractivity contribution is 5.85. The molecule has 5 aromatic rings. The number of rotatable bonds is 5. The first kappa shape index (κ1) is 22.5. The summed E-state index contributed by atoms with van der Waals surface area (Å²) >= 11 is 0. The quantitative estimate of drug-likeness (QED) is 0.308. The molecule has 3 aromatic heterocycles. The third-order valence-corrected chi connectivity index (χ3v) is 6.09. The number of hydrogen-bond acceptors (Lipinski definition) is 5. The molecule has 1 atom stereocenters. The van der Waals surface area contributed by atoms with Gasteiger partial charge in [0.2, 0.25) is 0 Å². The SMILES string of the molecule is Cc1cc([C@@H](C)Nc2cccnc2-c2ccccc2F)c2oc(-c3cccnc3)c(C)c(=O)c2c1. The molecule has 5 nitrogen and oxygen atoms in total. The van der Waals surface area contributed by atoms with Gasteiger partial charge >= 0.3 is 0 Å². The topological polar surface area (TPSA) is 68.0 Å². The van der Waals surface area contributed by atoms with Gasteiger partial charge in [-0.1, -0.05) is 18.2 Å². The molecule has 0 amide bonds. The van der Waals surface area contributed by atoms with Crippen molar-refractivity contribution in [2.45, 2.75) is 26.8 Å². The minimum absolute atomic E-state index is 0.0734. The molecule has 2 aromatic carbocycles. The smallest absolute Gasteiger partial charge is 0.196 e. The normalized spacial score (nSPS) is 12.0. The molecule has 0 bridgehead atoms. The van der Waals surface area contributed by atoms with E-state index in [9.17, 15) is 9.18 Å². The van der Waals surface area contributed by atoms with Gasteiger partial charge in [-0.3, -0.25) is 14.8 Å². The van der Waals surface area contributed by atoms with Gasteiger partial charge in [0.25, 0.3) is 0 Å². The number of nitrogens with one attached hydrogen (secondary N) is 1. The second-order valence-electron chi connectivity index (χ2n) is 8.60. The highest BCUT2D eigenvalue weighted by Crippen LogP contribution is 2.34. The van der Waals surface area contributed by atoms with Crippen LogP contribution < -0.4 is 10.7 Å².